The van der Waals surface area contributed by atoms with E-state index in [1.807, 2.05) is 0 Å². The Kier molecular flexibility index (Phi) is 8.91. The third-order valence-electron chi connectivity index (χ3n) is 15.1. The van der Waals surface area contributed by atoms with Crippen molar-refractivity contribution in [3.8, 4) is 55.6 Å². The number of benzene rings is 13. The molecule has 69 heavy (non-hydrogen) atoms. The minimum absolute atomic E-state index is 0.660. The molecule has 0 amide bonds. The van der Waals surface area contributed by atoms with Crippen LogP contribution in [0.2, 0.25) is 0 Å². The SMILES string of the molecule is c1ccc(-c2c3ccccc3c(-c3ccc4c(c3)C(c3ccccc3)(c3ccccc3)c3cc(-c5c6ccccc6c(-c6ccccc6)c6ccccc56)c5ccccc5c3-4)c3ccccc23)cc1. The van der Waals surface area contributed by atoms with Crippen molar-refractivity contribution in [2.45, 2.75) is 5.41 Å². The summed E-state index contributed by atoms with van der Waals surface area (Å²) >= 11 is 0. The third kappa shape index (κ3) is 5.76. The summed E-state index contributed by atoms with van der Waals surface area (Å²) in [4.78, 5) is 0. The summed E-state index contributed by atoms with van der Waals surface area (Å²) in [6.07, 6.45) is 0. The maximum absolute atomic E-state index is 2.59. The van der Waals surface area contributed by atoms with E-state index < -0.39 is 5.41 Å². The molecule has 0 spiro atoms. The molecule has 0 saturated carbocycles. The first-order valence-electron chi connectivity index (χ1n) is 24.1. The predicted molar refractivity (Wildman–Crippen MR) is 293 cm³/mol. The van der Waals surface area contributed by atoms with E-state index in [0.717, 1.165) is 0 Å². The van der Waals surface area contributed by atoms with Gasteiger partial charge in [-0.3, -0.25) is 0 Å². The molecule has 0 unspecified atom stereocenters. The second-order valence-electron chi connectivity index (χ2n) is 18.5. The van der Waals surface area contributed by atoms with Crippen molar-refractivity contribution in [3.05, 3.63) is 289 Å². The van der Waals surface area contributed by atoms with E-state index in [4.69, 9.17) is 0 Å². The van der Waals surface area contributed by atoms with Gasteiger partial charge in [-0.1, -0.05) is 255 Å². The Bertz CT molecular complexity index is 4000. The summed E-state index contributed by atoms with van der Waals surface area (Å²) in [6.45, 7) is 0. The van der Waals surface area contributed by atoms with Crippen LogP contribution in [0.25, 0.3) is 109 Å². The zero-order valence-corrected chi connectivity index (χ0v) is 37.9. The van der Waals surface area contributed by atoms with Gasteiger partial charge in [-0.15, -0.1) is 0 Å². The first-order chi connectivity index (χ1) is 34.3. The van der Waals surface area contributed by atoms with Gasteiger partial charge in [-0.2, -0.15) is 0 Å². The number of hydrogen-bond acceptors (Lipinski definition) is 0. The molecule has 0 radical (unpaired) electrons. The van der Waals surface area contributed by atoms with Crippen molar-refractivity contribution in [1.29, 1.82) is 0 Å². The van der Waals surface area contributed by atoms with Gasteiger partial charge in [0.15, 0.2) is 0 Å². The molecule has 0 nitrogen and oxygen atoms in total. The van der Waals surface area contributed by atoms with Gasteiger partial charge < -0.3 is 0 Å². The quantitative estimate of drug-likeness (QED) is 0.146. The third-order valence-corrected chi connectivity index (χ3v) is 15.1. The zero-order chi connectivity index (χ0) is 45.5. The van der Waals surface area contributed by atoms with Crippen molar-refractivity contribution in [2.75, 3.05) is 0 Å². The van der Waals surface area contributed by atoms with Crippen molar-refractivity contribution in [1.82, 2.24) is 0 Å². The van der Waals surface area contributed by atoms with E-state index in [0.29, 0.717) is 0 Å². The lowest BCUT2D eigenvalue weighted by atomic mass is 9.66. The topological polar surface area (TPSA) is 0 Å². The highest BCUT2D eigenvalue weighted by atomic mass is 14.5. The van der Waals surface area contributed by atoms with Gasteiger partial charge in [0.1, 0.15) is 0 Å². The molecule has 0 heteroatoms. The highest BCUT2D eigenvalue weighted by Gasteiger charge is 2.47. The lowest BCUT2D eigenvalue weighted by molar-refractivity contribution is 0.769. The lowest BCUT2D eigenvalue weighted by Gasteiger charge is -2.34. The average Bonchev–Trinajstić information content (AvgIpc) is 3.72. The first kappa shape index (κ1) is 39.3. The van der Waals surface area contributed by atoms with Crippen molar-refractivity contribution in [3.63, 3.8) is 0 Å². The maximum Gasteiger partial charge on any atom is 0.0714 e. The van der Waals surface area contributed by atoms with Crippen LogP contribution in [0.4, 0.5) is 0 Å². The lowest BCUT2D eigenvalue weighted by Crippen LogP contribution is -2.28. The van der Waals surface area contributed by atoms with Crippen LogP contribution in [0.3, 0.4) is 0 Å². The summed E-state index contributed by atoms with van der Waals surface area (Å²) in [6, 6.07) is 99.7. The Labute approximate surface area is 402 Å². The van der Waals surface area contributed by atoms with E-state index in [1.165, 1.54) is 132 Å². The molecule has 0 bridgehead atoms. The Balaban J connectivity index is 1.12. The van der Waals surface area contributed by atoms with E-state index in [-0.39, 0.29) is 0 Å². The van der Waals surface area contributed by atoms with E-state index in [2.05, 4.69) is 267 Å². The van der Waals surface area contributed by atoms with Gasteiger partial charge in [0, 0.05) is 0 Å². The van der Waals surface area contributed by atoms with Crippen LogP contribution >= 0.6 is 0 Å². The normalized spacial score (nSPS) is 12.8. The fourth-order valence-electron chi connectivity index (χ4n) is 12.4. The van der Waals surface area contributed by atoms with Gasteiger partial charge in [0.25, 0.3) is 0 Å². The van der Waals surface area contributed by atoms with Crippen LogP contribution in [-0.2, 0) is 5.41 Å². The van der Waals surface area contributed by atoms with Gasteiger partial charge in [0.05, 0.1) is 5.41 Å². The molecular formula is C69H44. The molecule has 0 atom stereocenters. The van der Waals surface area contributed by atoms with E-state index >= 15 is 0 Å². The number of rotatable bonds is 6. The fraction of sp³-hybridized carbons (Fsp3) is 0.0145. The second kappa shape index (κ2) is 15.6. The maximum atomic E-state index is 2.59. The molecular weight excluding hydrogens is 829 g/mol. The smallest absolute Gasteiger partial charge is 0.0622 e. The highest BCUT2D eigenvalue weighted by molar-refractivity contribution is 6.25. The van der Waals surface area contributed by atoms with Gasteiger partial charge in [-0.25, -0.2) is 0 Å². The van der Waals surface area contributed by atoms with E-state index in [1.54, 1.807) is 0 Å². The van der Waals surface area contributed by atoms with Crippen LogP contribution in [0.1, 0.15) is 22.3 Å². The molecule has 0 fully saturated rings. The fourth-order valence-corrected chi connectivity index (χ4v) is 12.4. The Morgan fingerprint density at radius 1 is 0.188 bits per heavy atom. The second-order valence-corrected chi connectivity index (χ2v) is 18.5. The van der Waals surface area contributed by atoms with Gasteiger partial charge in [0.2, 0.25) is 0 Å². The Morgan fingerprint density at radius 3 is 0.913 bits per heavy atom. The van der Waals surface area contributed by atoms with E-state index in [9.17, 15) is 0 Å². The average molecular weight is 873 g/mol. The van der Waals surface area contributed by atoms with Crippen molar-refractivity contribution in [2.24, 2.45) is 0 Å². The minimum Gasteiger partial charge on any atom is -0.0622 e. The minimum atomic E-state index is -0.660. The standard InChI is InChI=1S/C69H44/c1-5-23-45(24-6-1)64-52-33-15-17-35-54(52)66(55-36-18-16-34-53(55)64)47-41-42-60-62(43-47)69(48-27-9-3-10-28-48,49-29-11-4-12-30-49)63-44-61(50-31-13-14-32-51(50)68(60)63)67-58-39-21-19-37-56(58)65(46-25-7-2-8-26-46)57-38-20-22-40-59(57)67/h1-44H. The molecule has 0 saturated heterocycles. The Morgan fingerprint density at radius 2 is 0.507 bits per heavy atom. The highest BCUT2D eigenvalue weighted by Crippen LogP contribution is 2.61. The molecule has 1 aliphatic rings. The molecule has 1 aliphatic carbocycles. The summed E-state index contributed by atoms with van der Waals surface area (Å²) in [5, 5.41) is 12.5. The van der Waals surface area contributed by atoms with Crippen molar-refractivity contribution < 1.29 is 0 Å². The van der Waals surface area contributed by atoms with Crippen LogP contribution in [0.5, 0.6) is 0 Å². The van der Waals surface area contributed by atoms with Crippen LogP contribution in [0.15, 0.2) is 267 Å². The molecule has 13 aromatic carbocycles. The molecule has 0 heterocycles. The van der Waals surface area contributed by atoms with Crippen LogP contribution < -0.4 is 0 Å². The van der Waals surface area contributed by atoms with Crippen molar-refractivity contribution >= 4 is 53.9 Å². The molecule has 13 aromatic rings. The molecule has 14 rings (SSSR count). The summed E-state index contributed by atoms with van der Waals surface area (Å²) < 4.78 is 0. The van der Waals surface area contributed by atoms with Gasteiger partial charge in [-0.05, 0) is 144 Å². The monoisotopic (exact) mass is 872 g/mol. The van der Waals surface area contributed by atoms with Crippen LogP contribution in [0, 0.1) is 0 Å². The van der Waals surface area contributed by atoms with Crippen LogP contribution in [-0.4, -0.2) is 0 Å². The zero-order valence-electron chi connectivity index (χ0n) is 37.9. The number of fused-ring (bicyclic) bond motifs is 9. The Hall–Kier alpha value is -8.84. The molecule has 0 N–H and O–H groups in total. The molecule has 320 valence electrons. The summed E-state index contributed by atoms with van der Waals surface area (Å²) in [5.41, 5.74) is 17.0. The molecule has 0 aliphatic heterocycles. The molecule has 0 aromatic heterocycles. The summed E-state index contributed by atoms with van der Waals surface area (Å²) in [5.74, 6) is 0. The first-order valence-corrected chi connectivity index (χ1v) is 24.1. The predicted octanol–water partition coefficient (Wildman–Crippen LogP) is 18.5. The number of hydrogen-bond donors (Lipinski definition) is 0. The van der Waals surface area contributed by atoms with Gasteiger partial charge >= 0.3 is 0 Å². The summed E-state index contributed by atoms with van der Waals surface area (Å²) in [7, 11) is 0. The largest absolute Gasteiger partial charge is 0.0714 e.